The maximum Gasteiger partial charge on any atom is 0.258 e. The molecule has 0 bridgehead atoms. The van der Waals surface area contributed by atoms with Gasteiger partial charge in [0.2, 0.25) is 11.9 Å². The summed E-state index contributed by atoms with van der Waals surface area (Å²) in [4.78, 5) is 20.2. The Labute approximate surface area is 120 Å². The molecule has 0 radical (unpaired) electrons. The second kappa shape index (κ2) is 5.49. The van der Waals surface area contributed by atoms with Crippen molar-refractivity contribution < 1.29 is 0 Å². The van der Waals surface area contributed by atoms with Crippen LogP contribution >= 0.6 is 0 Å². The van der Waals surface area contributed by atoms with E-state index in [1.165, 1.54) is 17.3 Å². The largest absolute Gasteiger partial charge is 0.368 e. The third kappa shape index (κ3) is 2.91. The first-order valence-electron chi connectivity index (χ1n) is 6.22. The van der Waals surface area contributed by atoms with Gasteiger partial charge in [0.25, 0.3) is 5.95 Å². The number of nitrogen functional groups attached to an aromatic ring is 1. The molecular weight excluding hydrogens is 270 g/mol. The van der Waals surface area contributed by atoms with Crippen molar-refractivity contribution in [3.8, 4) is 5.95 Å². The van der Waals surface area contributed by atoms with Gasteiger partial charge in [0.1, 0.15) is 12.7 Å². The molecule has 0 saturated heterocycles. The Bertz CT molecular complexity index is 738. The van der Waals surface area contributed by atoms with Crippen LogP contribution in [0.15, 0.2) is 31.1 Å². The van der Waals surface area contributed by atoms with Crippen LogP contribution in [-0.2, 0) is 6.54 Å². The van der Waals surface area contributed by atoms with E-state index >= 15 is 0 Å². The molecular formula is C12H13N9. The van der Waals surface area contributed by atoms with E-state index in [9.17, 15) is 0 Å². The van der Waals surface area contributed by atoms with E-state index in [2.05, 4.69) is 35.3 Å². The summed E-state index contributed by atoms with van der Waals surface area (Å²) in [5, 5.41) is 7.06. The molecule has 0 saturated carbocycles. The molecule has 0 aliphatic carbocycles. The average Bonchev–Trinajstić information content (AvgIpc) is 3.00. The molecule has 3 N–H and O–H groups in total. The molecule has 3 aromatic heterocycles. The third-order valence-corrected chi connectivity index (χ3v) is 2.85. The van der Waals surface area contributed by atoms with Crippen LogP contribution in [0.2, 0.25) is 0 Å². The van der Waals surface area contributed by atoms with Gasteiger partial charge in [0.05, 0.1) is 0 Å². The molecule has 9 heteroatoms. The summed E-state index contributed by atoms with van der Waals surface area (Å²) in [7, 11) is 0. The summed E-state index contributed by atoms with van der Waals surface area (Å²) in [6.45, 7) is 2.56. The SMILES string of the molecule is Cc1ccncc1CNc1nc(N)nc(-n2cncn2)n1. The average molecular weight is 283 g/mol. The van der Waals surface area contributed by atoms with Crippen LogP contribution in [0.1, 0.15) is 11.1 Å². The molecule has 0 aliphatic heterocycles. The van der Waals surface area contributed by atoms with Gasteiger partial charge < -0.3 is 11.1 Å². The first-order chi connectivity index (χ1) is 10.2. The minimum absolute atomic E-state index is 0.112. The summed E-state index contributed by atoms with van der Waals surface area (Å²) in [5.74, 6) is 0.794. The summed E-state index contributed by atoms with van der Waals surface area (Å²) >= 11 is 0. The first-order valence-corrected chi connectivity index (χ1v) is 6.22. The zero-order chi connectivity index (χ0) is 14.7. The summed E-state index contributed by atoms with van der Waals surface area (Å²) in [6, 6.07) is 1.94. The number of aryl methyl sites for hydroxylation is 1. The molecule has 0 fully saturated rings. The molecule has 0 aliphatic rings. The van der Waals surface area contributed by atoms with Crippen molar-refractivity contribution in [3.63, 3.8) is 0 Å². The van der Waals surface area contributed by atoms with Crippen LogP contribution in [0.5, 0.6) is 0 Å². The molecule has 0 atom stereocenters. The molecule has 0 aromatic carbocycles. The van der Waals surface area contributed by atoms with E-state index in [0.717, 1.165) is 11.1 Å². The van der Waals surface area contributed by atoms with Gasteiger partial charge in [-0.05, 0) is 24.1 Å². The Morgan fingerprint density at radius 2 is 2.14 bits per heavy atom. The number of rotatable bonds is 4. The van der Waals surface area contributed by atoms with Crippen molar-refractivity contribution in [1.29, 1.82) is 0 Å². The topological polar surface area (TPSA) is 120 Å². The lowest BCUT2D eigenvalue weighted by Gasteiger charge is -2.08. The lowest BCUT2D eigenvalue weighted by Crippen LogP contribution is -2.12. The highest BCUT2D eigenvalue weighted by atomic mass is 15.4. The van der Waals surface area contributed by atoms with E-state index in [4.69, 9.17) is 5.73 Å². The van der Waals surface area contributed by atoms with Crippen molar-refractivity contribution in [2.75, 3.05) is 11.1 Å². The number of anilines is 2. The third-order valence-electron chi connectivity index (χ3n) is 2.85. The maximum absolute atomic E-state index is 5.69. The fraction of sp³-hybridized carbons (Fsp3) is 0.167. The lowest BCUT2D eigenvalue weighted by molar-refractivity contribution is 0.797. The molecule has 106 valence electrons. The molecule has 0 amide bonds. The second-order valence-electron chi connectivity index (χ2n) is 4.31. The van der Waals surface area contributed by atoms with Gasteiger partial charge in [-0.1, -0.05) is 0 Å². The zero-order valence-electron chi connectivity index (χ0n) is 11.3. The van der Waals surface area contributed by atoms with E-state index < -0.39 is 0 Å². The molecule has 3 aromatic rings. The Hall–Kier alpha value is -3.10. The predicted molar refractivity (Wildman–Crippen MR) is 75.5 cm³/mol. The molecule has 3 heterocycles. The van der Waals surface area contributed by atoms with Crippen molar-refractivity contribution >= 4 is 11.9 Å². The molecule has 0 spiro atoms. The fourth-order valence-electron chi connectivity index (χ4n) is 1.73. The second-order valence-corrected chi connectivity index (χ2v) is 4.31. The van der Waals surface area contributed by atoms with Crippen LogP contribution in [0.25, 0.3) is 5.95 Å². The highest BCUT2D eigenvalue weighted by Gasteiger charge is 2.07. The molecule has 21 heavy (non-hydrogen) atoms. The van der Waals surface area contributed by atoms with Gasteiger partial charge in [-0.15, -0.1) is 0 Å². The highest BCUT2D eigenvalue weighted by Crippen LogP contribution is 2.09. The number of hydrogen-bond donors (Lipinski definition) is 2. The van der Waals surface area contributed by atoms with Crippen LogP contribution in [0.3, 0.4) is 0 Å². The highest BCUT2D eigenvalue weighted by molar-refractivity contribution is 5.36. The predicted octanol–water partition coefficient (Wildman–Crippen LogP) is 0.350. The standard InChI is InChI=1S/C12H13N9/c1-8-2-3-14-4-9(8)5-16-11-18-10(13)19-12(20-11)21-7-15-6-17-21/h2-4,6-7H,5H2,1H3,(H3,13,16,18,19,20). The monoisotopic (exact) mass is 283 g/mol. The van der Waals surface area contributed by atoms with Crippen molar-refractivity contribution in [1.82, 2.24) is 34.7 Å². The van der Waals surface area contributed by atoms with Gasteiger partial charge in [-0.25, -0.2) is 4.98 Å². The quantitative estimate of drug-likeness (QED) is 0.703. The normalized spacial score (nSPS) is 10.5. The van der Waals surface area contributed by atoms with E-state index in [0.29, 0.717) is 18.4 Å². The van der Waals surface area contributed by atoms with Crippen molar-refractivity contribution in [2.24, 2.45) is 0 Å². The number of nitrogens with one attached hydrogen (secondary N) is 1. The van der Waals surface area contributed by atoms with E-state index in [1.54, 1.807) is 12.4 Å². The molecule has 0 unspecified atom stereocenters. The van der Waals surface area contributed by atoms with Gasteiger partial charge >= 0.3 is 0 Å². The van der Waals surface area contributed by atoms with E-state index in [1.807, 2.05) is 13.0 Å². The number of hydrogen-bond acceptors (Lipinski definition) is 8. The number of aromatic nitrogens is 7. The summed E-state index contributed by atoms with van der Waals surface area (Å²) < 4.78 is 1.42. The van der Waals surface area contributed by atoms with Crippen LogP contribution in [-0.4, -0.2) is 34.7 Å². The molecule has 3 rings (SSSR count). The van der Waals surface area contributed by atoms with Crippen molar-refractivity contribution in [3.05, 3.63) is 42.2 Å². The number of nitrogens with two attached hydrogens (primary N) is 1. The van der Waals surface area contributed by atoms with Crippen LogP contribution in [0.4, 0.5) is 11.9 Å². The zero-order valence-corrected chi connectivity index (χ0v) is 11.3. The summed E-state index contributed by atoms with van der Waals surface area (Å²) in [6.07, 6.45) is 6.43. The van der Waals surface area contributed by atoms with Crippen molar-refractivity contribution in [2.45, 2.75) is 13.5 Å². The Morgan fingerprint density at radius 3 is 2.90 bits per heavy atom. The Kier molecular flexibility index (Phi) is 3.37. The minimum atomic E-state index is 0.112. The van der Waals surface area contributed by atoms with Gasteiger partial charge in [-0.3, -0.25) is 4.98 Å². The Morgan fingerprint density at radius 1 is 1.24 bits per heavy atom. The van der Waals surface area contributed by atoms with Gasteiger partial charge in [0.15, 0.2) is 0 Å². The minimum Gasteiger partial charge on any atom is -0.368 e. The number of nitrogens with zero attached hydrogens (tertiary/aromatic N) is 7. The van der Waals surface area contributed by atoms with Gasteiger partial charge in [0, 0.05) is 18.9 Å². The lowest BCUT2D eigenvalue weighted by atomic mass is 10.2. The molecule has 9 nitrogen and oxygen atoms in total. The van der Waals surface area contributed by atoms with Gasteiger partial charge in [-0.2, -0.15) is 24.7 Å². The van der Waals surface area contributed by atoms with Crippen LogP contribution < -0.4 is 11.1 Å². The summed E-state index contributed by atoms with van der Waals surface area (Å²) in [5.41, 5.74) is 7.88. The number of pyridine rings is 1. The maximum atomic E-state index is 5.69. The van der Waals surface area contributed by atoms with E-state index in [-0.39, 0.29) is 5.95 Å². The fourth-order valence-corrected chi connectivity index (χ4v) is 1.73. The Balaban J connectivity index is 1.81. The van der Waals surface area contributed by atoms with Crippen LogP contribution in [0, 0.1) is 6.92 Å². The smallest absolute Gasteiger partial charge is 0.258 e. The first kappa shape index (κ1) is 12.9.